The van der Waals surface area contributed by atoms with Gasteiger partial charge in [-0.2, -0.15) is 10.2 Å². The molecule has 35 heavy (non-hydrogen) atoms. The summed E-state index contributed by atoms with van der Waals surface area (Å²) in [6.07, 6.45) is -1.08. The molecule has 0 bridgehead atoms. The molecular weight excluding hydrogens is 525 g/mol. The third-order valence-corrected chi connectivity index (χ3v) is 5.99. The highest BCUT2D eigenvalue weighted by Gasteiger charge is 2.35. The van der Waals surface area contributed by atoms with Crippen molar-refractivity contribution in [2.24, 2.45) is 10.2 Å². The molecule has 0 radical (unpaired) electrons. The quantitative estimate of drug-likeness (QED) is 0.129. The van der Waals surface area contributed by atoms with E-state index in [9.17, 15) is 4.79 Å². The van der Waals surface area contributed by atoms with Crippen molar-refractivity contribution in [1.82, 2.24) is 10.6 Å². The van der Waals surface area contributed by atoms with Gasteiger partial charge >= 0.3 is 0 Å². The lowest BCUT2D eigenvalue weighted by Gasteiger charge is -2.28. The van der Waals surface area contributed by atoms with Gasteiger partial charge < -0.3 is 16.0 Å². The minimum Gasteiger partial charge on any atom is -0.339 e. The molecule has 0 heterocycles. The summed E-state index contributed by atoms with van der Waals surface area (Å²) in [5.74, 6) is -0.394. The molecule has 0 aliphatic carbocycles. The Morgan fingerprint density at radius 1 is 0.857 bits per heavy atom. The van der Waals surface area contributed by atoms with Crippen molar-refractivity contribution >= 4 is 75.1 Å². The number of aryl methyl sites for hydroxylation is 3. The van der Waals surface area contributed by atoms with Crippen molar-refractivity contribution in [1.29, 1.82) is 0 Å². The van der Waals surface area contributed by atoms with Crippen LogP contribution in [0.3, 0.4) is 0 Å². The summed E-state index contributed by atoms with van der Waals surface area (Å²) in [6.45, 7) is 5.71. The normalized spacial score (nSPS) is 12.3. The SMILES string of the molecule is Cc1ccccc1N=Nc1ccc(NC(=S)N[C@H](NC(=O)c2ccccc2C)C(Cl)(Cl)Cl)c(C)c1. The van der Waals surface area contributed by atoms with Gasteiger partial charge in [0.25, 0.3) is 5.91 Å². The predicted octanol–water partition coefficient (Wildman–Crippen LogP) is 7.44. The maximum absolute atomic E-state index is 12.7. The Bertz CT molecular complexity index is 1260. The lowest BCUT2D eigenvalue weighted by atomic mass is 10.1. The van der Waals surface area contributed by atoms with Gasteiger partial charge in [0.05, 0.1) is 11.4 Å². The molecule has 6 nitrogen and oxygen atoms in total. The molecule has 3 aromatic carbocycles. The Morgan fingerprint density at radius 3 is 2.14 bits per heavy atom. The zero-order chi connectivity index (χ0) is 25.6. The van der Waals surface area contributed by atoms with E-state index in [1.54, 1.807) is 12.1 Å². The molecule has 0 unspecified atom stereocenters. The molecule has 3 N–H and O–H groups in total. The van der Waals surface area contributed by atoms with Crippen molar-refractivity contribution in [2.45, 2.75) is 30.7 Å². The van der Waals surface area contributed by atoms with Crippen LogP contribution in [0.25, 0.3) is 0 Å². The van der Waals surface area contributed by atoms with Crippen LogP contribution in [0.5, 0.6) is 0 Å². The molecule has 0 spiro atoms. The van der Waals surface area contributed by atoms with E-state index in [4.69, 9.17) is 47.0 Å². The van der Waals surface area contributed by atoms with Gasteiger partial charge in [-0.25, -0.2) is 0 Å². The second kappa shape index (κ2) is 11.8. The first-order valence-electron chi connectivity index (χ1n) is 10.6. The number of carbonyl (C=O) groups excluding carboxylic acids is 1. The summed E-state index contributed by atoms with van der Waals surface area (Å²) in [6, 6.07) is 20.4. The fourth-order valence-electron chi connectivity index (χ4n) is 3.16. The van der Waals surface area contributed by atoms with E-state index < -0.39 is 15.9 Å². The highest BCUT2D eigenvalue weighted by molar-refractivity contribution is 7.80. The Balaban J connectivity index is 1.68. The first-order chi connectivity index (χ1) is 16.5. The average Bonchev–Trinajstić information content (AvgIpc) is 2.79. The fraction of sp³-hybridized carbons (Fsp3) is 0.200. The number of alkyl halides is 3. The maximum atomic E-state index is 12.7. The van der Waals surface area contributed by atoms with E-state index >= 15 is 0 Å². The Kier molecular flexibility index (Phi) is 9.08. The molecule has 1 atom stereocenters. The van der Waals surface area contributed by atoms with Crippen LogP contribution in [0.2, 0.25) is 0 Å². The van der Waals surface area contributed by atoms with Crippen LogP contribution in [0.4, 0.5) is 17.1 Å². The van der Waals surface area contributed by atoms with Crippen LogP contribution in [0.1, 0.15) is 27.0 Å². The van der Waals surface area contributed by atoms with Crippen molar-refractivity contribution in [2.75, 3.05) is 5.32 Å². The number of rotatable bonds is 6. The van der Waals surface area contributed by atoms with Crippen molar-refractivity contribution in [3.05, 3.63) is 89.0 Å². The maximum Gasteiger partial charge on any atom is 0.253 e. The number of hydrogen-bond acceptors (Lipinski definition) is 4. The number of carbonyl (C=O) groups is 1. The molecule has 0 saturated heterocycles. The Hall–Kier alpha value is -2.71. The standard InChI is InChI=1S/C25H24Cl3N5OS/c1-15-8-4-6-10-19(15)22(34)30-23(25(26,27)28)31-24(35)29-20-13-12-18(14-17(20)3)32-33-21-11-7-5-9-16(21)2/h4-14,23H,1-3H3,(H,30,34)(H2,29,31,35)/t23-/m0/s1. The molecule has 182 valence electrons. The second-order valence-corrected chi connectivity index (χ2v) is 10.6. The summed E-state index contributed by atoms with van der Waals surface area (Å²) in [5, 5.41) is 17.4. The molecule has 10 heteroatoms. The predicted molar refractivity (Wildman–Crippen MR) is 149 cm³/mol. The number of nitrogens with zero attached hydrogens (tertiary/aromatic N) is 2. The highest BCUT2D eigenvalue weighted by atomic mass is 35.6. The second-order valence-electron chi connectivity index (χ2n) is 7.85. The van der Waals surface area contributed by atoms with Gasteiger partial charge in [0.15, 0.2) is 5.11 Å². The monoisotopic (exact) mass is 547 g/mol. The van der Waals surface area contributed by atoms with Crippen LogP contribution in [0, 0.1) is 20.8 Å². The van der Waals surface area contributed by atoms with E-state index in [-0.39, 0.29) is 5.11 Å². The van der Waals surface area contributed by atoms with Crippen molar-refractivity contribution in [3.63, 3.8) is 0 Å². The topological polar surface area (TPSA) is 77.9 Å². The molecule has 0 aliphatic rings. The molecular formula is C25H24Cl3N5OS. The number of benzene rings is 3. The lowest BCUT2D eigenvalue weighted by Crippen LogP contribution is -2.56. The van der Waals surface area contributed by atoms with E-state index in [1.807, 2.05) is 75.4 Å². The third-order valence-electron chi connectivity index (χ3n) is 5.11. The minimum absolute atomic E-state index is 0.170. The van der Waals surface area contributed by atoms with Crippen LogP contribution in [-0.2, 0) is 0 Å². The van der Waals surface area contributed by atoms with Crippen molar-refractivity contribution < 1.29 is 4.79 Å². The van der Waals surface area contributed by atoms with Gasteiger partial charge in [-0.05, 0) is 80.0 Å². The van der Waals surface area contributed by atoms with Gasteiger partial charge in [-0.3, -0.25) is 4.79 Å². The van der Waals surface area contributed by atoms with Crippen LogP contribution in [0.15, 0.2) is 77.0 Å². The van der Waals surface area contributed by atoms with Gasteiger partial charge in [0, 0.05) is 11.3 Å². The molecule has 0 fully saturated rings. The van der Waals surface area contributed by atoms with Crippen LogP contribution in [-0.4, -0.2) is 21.0 Å². The van der Waals surface area contributed by atoms with E-state index in [0.29, 0.717) is 11.3 Å². The molecule has 0 aliphatic heterocycles. The van der Waals surface area contributed by atoms with E-state index in [0.717, 1.165) is 28.1 Å². The summed E-state index contributed by atoms with van der Waals surface area (Å²) >= 11 is 23.7. The third kappa shape index (κ3) is 7.64. The minimum atomic E-state index is -1.86. The largest absolute Gasteiger partial charge is 0.339 e. The molecule has 3 aromatic rings. The number of halogens is 3. The zero-order valence-corrected chi connectivity index (χ0v) is 22.4. The van der Waals surface area contributed by atoms with Crippen LogP contribution < -0.4 is 16.0 Å². The number of anilines is 1. The van der Waals surface area contributed by atoms with Gasteiger partial charge in [-0.15, -0.1) is 0 Å². The Morgan fingerprint density at radius 2 is 1.51 bits per heavy atom. The summed E-state index contributed by atoms with van der Waals surface area (Å²) in [5.41, 5.74) is 5.42. The first-order valence-corrected chi connectivity index (χ1v) is 12.2. The zero-order valence-electron chi connectivity index (χ0n) is 19.3. The van der Waals surface area contributed by atoms with Crippen molar-refractivity contribution in [3.8, 4) is 0 Å². The average molecular weight is 549 g/mol. The fourth-order valence-corrected chi connectivity index (χ4v) is 3.72. The summed E-state index contributed by atoms with van der Waals surface area (Å²) in [7, 11) is 0. The number of nitrogens with one attached hydrogen (secondary N) is 3. The number of thiocarbonyl (C=S) groups is 1. The number of azo groups is 1. The summed E-state index contributed by atoms with van der Waals surface area (Å²) < 4.78 is -1.86. The smallest absolute Gasteiger partial charge is 0.253 e. The Labute approximate surface area is 225 Å². The van der Waals surface area contributed by atoms with Crippen LogP contribution >= 0.6 is 47.0 Å². The van der Waals surface area contributed by atoms with Gasteiger partial charge in [0.1, 0.15) is 6.17 Å². The molecule has 1 amide bonds. The molecule has 0 aromatic heterocycles. The molecule has 3 rings (SSSR count). The molecule has 0 saturated carbocycles. The first kappa shape index (κ1) is 26.9. The highest BCUT2D eigenvalue weighted by Crippen LogP contribution is 2.30. The van der Waals surface area contributed by atoms with Gasteiger partial charge in [-0.1, -0.05) is 71.2 Å². The number of amides is 1. The van der Waals surface area contributed by atoms with E-state index in [2.05, 4.69) is 26.2 Å². The van der Waals surface area contributed by atoms with E-state index in [1.165, 1.54) is 0 Å². The lowest BCUT2D eigenvalue weighted by molar-refractivity contribution is 0.0934. The summed E-state index contributed by atoms with van der Waals surface area (Å²) in [4.78, 5) is 12.7. The van der Waals surface area contributed by atoms with Gasteiger partial charge in [0.2, 0.25) is 3.79 Å². The number of hydrogen-bond donors (Lipinski definition) is 3.